The fourth-order valence-corrected chi connectivity index (χ4v) is 6.73. The minimum atomic E-state index is -1.05. The smallest absolute Gasteiger partial charge is 0.252 e. The van der Waals surface area contributed by atoms with Crippen LogP contribution in [0.1, 0.15) is 60.0 Å². The number of carbonyl (C=O) groups excluding carboxylic acids is 2. The summed E-state index contributed by atoms with van der Waals surface area (Å²) in [5.41, 5.74) is 5.23. The number of aliphatic hydroxyl groups is 1. The molecule has 1 amide bonds. The number of nitrogens with two attached hydrogens (primary N) is 1. The molecule has 6 nitrogen and oxygen atoms in total. The Morgan fingerprint density at radius 3 is 2.69 bits per heavy atom. The van der Waals surface area contributed by atoms with Crippen LogP contribution in [0.2, 0.25) is 0 Å². The van der Waals surface area contributed by atoms with Crippen molar-refractivity contribution in [2.45, 2.75) is 62.0 Å². The summed E-state index contributed by atoms with van der Waals surface area (Å²) in [6.07, 6.45) is 4.85. The van der Waals surface area contributed by atoms with Crippen molar-refractivity contribution in [3.8, 4) is 5.75 Å². The summed E-state index contributed by atoms with van der Waals surface area (Å²) in [6, 6.07) is 3.46. The summed E-state index contributed by atoms with van der Waals surface area (Å²) in [5.74, 6) is 0.0429. The van der Waals surface area contributed by atoms with E-state index in [1.54, 1.807) is 6.07 Å². The molecule has 4 aliphatic rings. The van der Waals surface area contributed by atoms with Crippen LogP contribution in [-0.4, -0.2) is 58.2 Å². The normalized spacial score (nSPS) is 37.9. The molecule has 0 aromatic heterocycles. The minimum Gasteiger partial charge on any atom is -0.507 e. The summed E-state index contributed by atoms with van der Waals surface area (Å²) < 4.78 is 0.828. The predicted molar refractivity (Wildman–Crippen MR) is 103 cm³/mol. The number of rotatable bonds is 3. The van der Waals surface area contributed by atoms with Crippen molar-refractivity contribution < 1.29 is 57.0 Å². The van der Waals surface area contributed by atoms with Crippen LogP contribution in [0.5, 0.6) is 5.75 Å². The molecule has 1 aromatic carbocycles. The van der Waals surface area contributed by atoms with Crippen LogP contribution in [0.25, 0.3) is 0 Å². The van der Waals surface area contributed by atoms with E-state index in [0.29, 0.717) is 31.2 Å². The minimum absolute atomic E-state index is 0. The van der Waals surface area contributed by atoms with Gasteiger partial charge >= 0.3 is 0 Å². The third kappa shape index (κ3) is 2.89. The SMILES string of the molecule is C[N+]1(CC2CC2)CC[C@]23CC(=O)CC[C@@]2(O)[C@H]1Cc1ccc(C(N)=O)c(O)c13.[Y]. The number of carbonyl (C=O) groups is 2. The molecule has 1 heterocycles. The molecule has 1 radical (unpaired) electrons. The zero-order valence-corrected chi connectivity index (χ0v) is 19.8. The van der Waals surface area contributed by atoms with Gasteiger partial charge in [-0.2, -0.15) is 0 Å². The van der Waals surface area contributed by atoms with Crippen molar-refractivity contribution in [3.63, 3.8) is 0 Å². The van der Waals surface area contributed by atoms with Crippen LogP contribution in [0.15, 0.2) is 12.1 Å². The number of primary amides is 1. The maximum Gasteiger partial charge on any atom is 0.252 e. The standard InChI is InChI=1S/C22H28N2O4.Y/c1-24(12-13-2-3-13)9-8-21-11-15(25)6-7-22(21,28)17(24)10-14-4-5-16(20(23)27)19(26)18(14)21;/h4-5,13,17,28H,2-3,6-12H2,1H3,(H2-,23,26,27);/p+1/t17-,21-,22-,24?;/m1./s1. The van der Waals surface area contributed by atoms with Crippen molar-refractivity contribution >= 4 is 11.7 Å². The van der Waals surface area contributed by atoms with Crippen molar-refractivity contribution in [1.82, 2.24) is 0 Å². The third-order valence-electron chi connectivity index (χ3n) is 8.26. The Morgan fingerprint density at radius 1 is 1.31 bits per heavy atom. The number of nitrogens with zero attached hydrogens (tertiary/aromatic N) is 1. The molecule has 2 bridgehead atoms. The fourth-order valence-electron chi connectivity index (χ4n) is 6.73. The molecule has 7 heteroatoms. The van der Waals surface area contributed by atoms with Gasteiger partial charge in [0.15, 0.2) is 0 Å². The third-order valence-corrected chi connectivity index (χ3v) is 8.26. The molecule has 3 fully saturated rings. The molecule has 5 rings (SSSR count). The zero-order valence-electron chi connectivity index (χ0n) is 17.0. The molecule has 1 aromatic rings. The largest absolute Gasteiger partial charge is 0.507 e. The van der Waals surface area contributed by atoms with Crippen molar-refractivity contribution in [3.05, 3.63) is 28.8 Å². The molecule has 3 aliphatic carbocycles. The summed E-state index contributed by atoms with van der Waals surface area (Å²) in [6.45, 7) is 1.94. The van der Waals surface area contributed by atoms with E-state index in [4.69, 9.17) is 5.73 Å². The number of likely N-dealkylation sites (N-methyl/N-ethyl adjacent to an activating group) is 1. The number of quaternary nitrogens is 1. The average molecular weight is 474 g/mol. The second kappa shape index (κ2) is 6.84. The average Bonchev–Trinajstić information content (AvgIpc) is 3.43. The maximum absolute atomic E-state index is 12.6. The number of Topliss-reactive ketones (excluding diaryl/α,β-unsaturated/α-hetero) is 1. The number of hydrogen-bond donors (Lipinski definition) is 3. The van der Waals surface area contributed by atoms with Crippen molar-refractivity contribution in [2.24, 2.45) is 11.7 Å². The van der Waals surface area contributed by atoms with E-state index in [1.165, 1.54) is 12.8 Å². The van der Waals surface area contributed by atoms with E-state index < -0.39 is 16.9 Å². The second-order valence-corrected chi connectivity index (χ2v) is 9.88. The van der Waals surface area contributed by atoms with E-state index in [2.05, 4.69) is 7.05 Å². The topological polar surface area (TPSA) is 101 Å². The first-order chi connectivity index (χ1) is 13.2. The molecule has 4 atom stereocenters. The molecule has 0 spiro atoms. The Balaban J connectivity index is 0.00000205. The van der Waals surface area contributed by atoms with Gasteiger partial charge in [-0.25, -0.2) is 0 Å². The number of fused-ring (bicyclic) bond motifs is 1. The number of aromatic hydroxyl groups is 1. The molecular formula is C22H29N2O4Y+. The van der Waals surface area contributed by atoms with Gasteiger partial charge in [-0.3, -0.25) is 9.59 Å². The number of likely N-dealkylation sites (tertiary alicyclic amines) is 1. The van der Waals surface area contributed by atoms with Gasteiger partial charge in [0.25, 0.3) is 5.91 Å². The molecule has 1 unspecified atom stereocenters. The van der Waals surface area contributed by atoms with Gasteiger partial charge in [-0.1, -0.05) is 6.07 Å². The van der Waals surface area contributed by atoms with Gasteiger partial charge in [-0.15, -0.1) is 0 Å². The van der Waals surface area contributed by atoms with Crippen molar-refractivity contribution in [1.29, 1.82) is 0 Å². The van der Waals surface area contributed by atoms with Crippen LogP contribution in [0, 0.1) is 5.92 Å². The monoisotopic (exact) mass is 474 g/mol. The Labute approximate surface area is 196 Å². The summed E-state index contributed by atoms with van der Waals surface area (Å²) in [4.78, 5) is 24.4. The molecular weight excluding hydrogens is 445 g/mol. The summed E-state index contributed by atoms with van der Waals surface area (Å²) in [7, 11) is 2.25. The van der Waals surface area contributed by atoms with Crippen LogP contribution in [0.3, 0.4) is 0 Å². The Kier molecular flexibility index (Phi) is 5.05. The second-order valence-electron chi connectivity index (χ2n) is 9.88. The quantitative estimate of drug-likeness (QED) is 0.577. The van der Waals surface area contributed by atoms with Crippen LogP contribution in [0.4, 0.5) is 0 Å². The number of piperidine rings is 1. The van der Waals surface area contributed by atoms with E-state index in [9.17, 15) is 19.8 Å². The molecule has 2 saturated carbocycles. The van der Waals surface area contributed by atoms with Crippen LogP contribution < -0.4 is 5.73 Å². The molecule has 29 heavy (non-hydrogen) atoms. The first kappa shape index (κ1) is 21.4. The maximum atomic E-state index is 12.6. The Bertz CT molecular complexity index is 901. The van der Waals surface area contributed by atoms with Gasteiger partial charge in [0.05, 0.1) is 25.7 Å². The van der Waals surface area contributed by atoms with Gasteiger partial charge in [0.1, 0.15) is 23.2 Å². The summed E-state index contributed by atoms with van der Waals surface area (Å²) >= 11 is 0. The van der Waals surface area contributed by atoms with E-state index in [0.717, 1.165) is 29.1 Å². The number of hydrogen-bond acceptors (Lipinski definition) is 4. The number of benzene rings is 1. The van der Waals surface area contributed by atoms with Crippen molar-refractivity contribution in [2.75, 3.05) is 20.1 Å². The molecule has 1 aliphatic heterocycles. The number of amides is 1. The van der Waals surface area contributed by atoms with E-state index in [-0.39, 0.29) is 62.3 Å². The summed E-state index contributed by atoms with van der Waals surface area (Å²) in [5, 5.41) is 23.2. The molecule has 153 valence electrons. The molecule has 4 N–H and O–H groups in total. The first-order valence-electron chi connectivity index (χ1n) is 10.4. The van der Waals surface area contributed by atoms with Crippen LogP contribution in [-0.2, 0) is 49.3 Å². The van der Waals surface area contributed by atoms with Gasteiger partial charge in [0.2, 0.25) is 0 Å². The van der Waals surface area contributed by atoms with E-state index >= 15 is 0 Å². The van der Waals surface area contributed by atoms with Gasteiger partial charge < -0.3 is 20.4 Å². The Morgan fingerprint density at radius 2 is 2.03 bits per heavy atom. The number of ketones is 1. The zero-order chi connectivity index (χ0) is 19.9. The van der Waals surface area contributed by atoms with Gasteiger partial charge in [0, 0.05) is 75.3 Å². The van der Waals surface area contributed by atoms with E-state index in [1.807, 2.05) is 6.07 Å². The fraction of sp³-hybridized carbons (Fsp3) is 0.636. The Hall–Kier alpha value is -0.816. The predicted octanol–water partition coefficient (Wildman–Crippen LogP) is 1.40. The van der Waals surface area contributed by atoms with Gasteiger partial charge in [-0.05, 0) is 30.9 Å². The van der Waals surface area contributed by atoms with Crippen LogP contribution >= 0.6 is 0 Å². The first-order valence-corrected chi connectivity index (χ1v) is 10.4. The number of phenols is 1. The molecule has 1 saturated heterocycles.